The second-order valence-corrected chi connectivity index (χ2v) is 5.54. The third kappa shape index (κ3) is 3.55. The molecule has 0 bridgehead atoms. The fourth-order valence-corrected chi connectivity index (χ4v) is 2.70. The average molecular weight is 279 g/mol. The molecule has 2 atom stereocenters. The molecule has 1 aromatic carbocycles. The zero-order valence-corrected chi connectivity index (χ0v) is 12.0. The smallest absolute Gasteiger partial charge is 0.124 e. The van der Waals surface area contributed by atoms with Crippen molar-refractivity contribution in [2.45, 2.75) is 26.0 Å². The zero-order chi connectivity index (χ0) is 14.7. The maximum absolute atomic E-state index is 13.6. The van der Waals surface area contributed by atoms with Crippen LogP contribution in [0.1, 0.15) is 24.5 Å². The number of rotatable bonds is 4. The molecular formula is C15H22FN3O. The van der Waals surface area contributed by atoms with Gasteiger partial charge in [-0.1, -0.05) is 6.92 Å². The first kappa shape index (κ1) is 14.9. The Balaban J connectivity index is 2.08. The summed E-state index contributed by atoms with van der Waals surface area (Å²) in [5.41, 5.74) is 6.71. The lowest BCUT2D eigenvalue weighted by molar-refractivity contribution is -0.00746. The van der Waals surface area contributed by atoms with Crippen LogP contribution in [0.15, 0.2) is 18.2 Å². The number of hydrogen-bond acceptors (Lipinski definition) is 3. The molecule has 1 saturated heterocycles. The van der Waals surface area contributed by atoms with Gasteiger partial charge in [-0.15, -0.1) is 0 Å². The van der Waals surface area contributed by atoms with Crippen molar-refractivity contribution in [3.63, 3.8) is 0 Å². The van der Waals surface area contributed by atoms with E-state index in [9.17, 15) is 4.39 Å². The Labute approximate surface area is 119 Å². The third-order valence-electron chi connectivity index (χ3n) is 3.95. The van der Waals surface area contributed by atoms with Crippen LogP contribution in [-0.2, 0) is 11.3 Å². The summed E-state index contributed by atoms with van der Waals surface area (Å²) in [7, 11) is 1.74. The highest BCUT2D eigenvalue weighted by atomic mass is 19.1. The third-order valence-corrected chi connectivity index (χ3v) is 3.95. The number of likely N-dealkylation sites (tertiary alicyclic amines) is 1. The molecule has 20 heavy (non-hydrogen) atoms. The molecule has 0 spiro atoms. The van der Waals surface area contributed by atoms with Gasteiger partial charge in [0.25, 0.3) is 0 Å². The van der Waals surface area contributed by atoms with Crippen molar-refractivity contribution in [1.29, 1.82) is 5.41 Å². The number of benzene rings is 1. The number of halogens is 1. The standard InChI is InChI=1S/C15H22FN3O/c1-10-3-4-19(9-14(10)20-2)8-11-5-12(15(17)18)7-13(16)6-11/h5-7,10,14H,3-4,8-9H2,1-2H3,(H3,17,18). The summed E-state index contributed by atoms with van der Waals surface area (Å²) in [6, 6.07) is 4.58. The first-order chi connectivity index (χ1) is 9.49. The van der Waals surface area contributed by atoms with Gasteiger partial charge in [-0.05, 0) is 42.6 Å². The normalized spacial score (nSPS) is 23.8. The van der Waals surface area contributed by atoms with Crippen LogP contribution in [0, 0.1) is 17.1 Å². The minimum atomic E-state index is -0.346. The molecule has 2 unspecified atom stereocenters. The Hall–Kier alpha value is -1.46. The number of nitrogens with zero attached hydrogens (tertiary/aromatic N) is 1. The fraction of sp³-hybridized carbons (Fsp3) is 0.533. The van der Waals surface area contributed by atoms with Crippen LogP contribution in [0.5, 0.6) is 0 Å². The van der Waals surface area contributed by atoms with Gasteiger partial charge in [-0.2, -0.15) is 0 Å². The van der Waals surface area contributed by atoms with E-state index >= 15 is 0 Å². The van der Waals surface area contributed by atoms with Crippen molar-refractivity contribution >= 4 is 5.84 Å². The van der Waals surface area contributed by atoms with E-state index in [1.54, 1.807) is 13.2 Å². The maximum atomic E-state index is 13.6. The van der Waals surface area contributed by atoms with Gasteiger partial charge in [-0.3, -0.25) is 10.3 Å². The minimum Gasteiger partial charge on any atom is -0.384 e. The monoisotopic (exact) mass is 279 g/mol. The summed E-state index contributed by atoms with van der Waals surface area (Å²) in [6.07, 6.45) is 1.30. The van der Waals surface area contributed by atoms with Gasteiger partial charge in [0.1, 0.15) is 11.7 Å². The number of nitrogen functional groups attached to an aromatic ring is 1. The summed E-state index contributed by atoms with van der Waals surface area (Å²) in [6.45, 7) is 4.68. The van der Waals surface area contributed by atoms with E-state index in [2.05, 4.69) is 11.8 Å². The van der Waals surface area contributed by atoms with Crippen LogP contribution in [0.3, 0.4) is 0 Å². The molecule has 0 aromatic heterocycles. The Kier molecular flexibility index (Phi) is 4.73. The van der Waals surface area contributed by atoms with E-state index in [1.165, 1.54) is 12.1 Å². The van der Waals surface area contributed by atoms with Gasteiger partial charge in [0.15, 0.2) is 0 Å². The van der Waals surface area contributed by atoms with Gasteiger partial charge < -0.3 is 10.5 Å². The molecule has 1 aliphatic rings. The fourth-order valence-electron chi connectivity index (χ4n) is 2.70. The van der Waals surface area contributed by atoms with Crippen molar-refractivity contribution in [2.24, 2.45) is 11.7 Å². The van der Waals surface area contributed by atoms with Crippen molar-refractivity contribution in [3.8, 4) is 0 Å². The van der Waals surface area contributed by atoms with Crippen LogP contribution in [0.25, 0.3) is 0 Å². The highest BCUT2D eigenvalue weighted by molar-refractivity contribution is 5.95. The number of hydrogen-bond donors (Lipinski definition) is 2. The van der Waals surface area contributed by atoms with Crippen LogP contribution in [0.4, 0.5) is 4.39 Å². The lowest BCUT2D eigenvalue weighted by Crippen LogP contribution is -2.43. The molecule has 2 rings (SSSR count). The Morgan fingerprint density at radius 3 is 2.90 bits per heavy atom. The van der Waals surface area contributed by atoms with Crippen molar-refractivity contribution in [1.82, 2.24) is 4.90 Å². The topological polar surface area (TPSA) is 62.3 Å². The molecule has 0 radical (unpaired) electrons. The van der Waals surface area contributed by atoms with E-state index in [-0.39, 0.29) is 17.8 Å². The molecule has 1 fully saturated rings. The van der Waals surface area contributed by atoms with Gasteiger partial charge in [0.2, 0.25) is 0 Å². The van der Waals surface area contributed by atoms with Crippen LogP contribution in [0.2, 0.25) is 0 Å². The van der Waals surface area contributed by atoms with Crippen molar-refractivity contribution in [2.75, 3.05) is 20.2 Å². The Morgan fingerprint density at radius 1 is 1.50 bits per heavy atom. The van der Waals surface area contributed by atoms with Gasteiger partial charge >= 0.3 is 0 Å². The van der Waals surface area contributed by atoms with E-state index in [0.717, 1.165) is 25.1 Å². The number of ether oxygens (including phenoxy) is 1. The van der Waals surface area contributed by atoms with E-state index < -0.39 is 0 Å². The van der Waals surface area contributed by atoms with E-state index in [1.807, 2.05) is 0 Å². The molecule has 1 heterocycles. The summed E-state index contributed by atoms with van der Waals surface area (Å²) in [5, 5.41) is 7.41. The quantitative estimate of drug-likeness (QED) is 0.654. The number of piperidine rings is 1. The molecule has 3 N–H and O–H groups in total. The van der Waals surface area contributed by atoms with Crippen molar-refractivity contribution < 1.29 is 9.13 Å². The summed E-state index contributed by atoms with van der Waals surface area (Å²) >= 11 is 0. The number of amidine groups is 1. The number of nitrogens with one attached hydrogen (secondary N) is 1. The Morgan fingerprint density at radius 2 is 2.25 bits per heavy atom. The molecule has 0 saturated carbocycles. The Bertz CT molecular complexity index is 492. The van der Waals surface area contributed by atoms with Crippen LogP contribution < -0.4 is 5.73 Å². The lowest BCUT2D eigenvalue weighted by atomic mass is 9.95. The minimum absolute atomic E-state index is 0.104. The second-order valence-electron chi connectivity index (χ2n) is 5.54. The highest BCUT2D eigenvalue weighted by Crippen LogP contribution is 2.21. The van der Waals surface area contributed by atoms with Crippen LogP contribution in [-0.4, -0.2) is 37.0 Å². The molecule has 1 aliphatic heterocycles. The molecule has 4 nitrogen and oxygen atoms in total. The van der Waals surface area contributed by atoms with Crippen LogP contribution >= 0.6 is 0 Å². The molecule has 110 valence electrons. The van der Waals surface area contributed by atoms with Gasteiger partial charge in [-0.25, -0.2) is 4.39 Å². The highest BCUT2D eigenvalue weighted by Gasteiger charge is 2.25. The van der Waals surface area contributed by atoms with Gasteiger partial charge in [0, 0.05) is 25.8 Å². The molecule has 0 amide bonds. The lowest BCUT2D eigenvalue weighted by Gasteiger charge is -2.36. The second kappa shape index (κ2) is 6.33. The summed E-state index contributed by atoms with van der Waals surface area (Å²) in [4.78, 5) is 2.26. The summed E-state index contributed by atoms with van der Waals surface area (Å²) < 4.78 is 19.0. The van der Waals surface area contributed by atoms with E-state index in [0.29, 0.717) is 18.0 Å². The molecule has 0 aliphatic carbocycles. The first-order valence-corrected chi connectivity index (χ1v) is 6.88. The predicted molar refractivity (Wildman–Crippen MR) is 77.3 cm³/mol. The largest absolute Gasteiger partial charge is 0.384 e. The molecule has 5 heteroatoms. The molecule has 1 aromatic rings. The SMILES string of the molecule is COC1CN(Cc2cc(F)cc(C(=N)N)c2)CCC1C. The maximum Gasteiger partial charge on any atom is 0.124 e. The van der Waals surface area contributed by atoms with Gasteiger partial charge in [0.05, 0.1) is 6.10 Å². The predicted octanol–water partition coefficient (Wildman–Crippen LogP) is 1.97. The molecular weight excluding hydrogens is 257 g/mol. The van der Waals surface area contributed by atoms with E-state index in [4.69, 9.17) is 15.9 Å². The number of methoxy groups -OCH3 is 1. The first-order valence-electron chi connectivity index (χ1n) is 6.88. The average Bonchev–Trinajstić information content (AvgIpc) is 2.40. The zero-order valence-electron chi connectivity index (χ0n) is 12.0. The number of nitrogens with two attached hydrogens (primary N) is 1. The van der Waals surface area contributed by atoms with Crippen molar-refractivity contribution in [3.05, 3.63) is 35.1 Å². The summed E-state index contributed by atoms with van der Waals surface area (Å²) in [5.74, 6) is 0.102.